The van der Waals surface area contributed by atoms with Crippen LogP contribution in [0.15, 0.2) is 16.7 Å². The third kappa shape index (κ3) is 4.78. The van der Waals surface area contributed by atoms with Crippen LogP contribution in [0, 0.1) is 0 Å². The van der Waals surface area contributed by atoms with E-state index < -0.39 is 23.8 Å². The summed E-state index contributed by atoms with van der Waals surface area (Å²) in [6.45, 7) is 6.94. The first-order valence-electron chi connectivity index (χ1n) is 9.13. The predicted molar refractivity (Wildman–Crippen MR) is 100 cm³/mol. The number of pyridine rings is 1. The number of halogens is 1. The molecule has 3 rings (SSSR count). The van der Waals surface area contributed by atoms with Gasteiger partial charge in [-0.2, -0.15) is 0 Å². The fourth-order valence-corrected chi connectivity index (χ4v) is 3.11. The second kappa shape index (κ2) is 7.75. The summed E-state index contributed by atoms with van der Waals surface area (Å²) in [4.78, 5) is 29.9. The van der Waals surface area contributed by atoms with Crippen molar-refractivity contribution in [3.8, 4) is 0 Å². The predicted octanol–water partition coefficient (Wildman–Crippen LogP) is 3.46. The third-order valence-electron chi connectivity index (χ3n) is 4.35. The number of aromatic carboxylic acids is 1. The molecular weight excluding hydrogens is 369 g/mol. The Kier molecular flexibility index (Phi) is 5.55. The van der Waals surface area contributed by atoms with Crippen molar-refractivity contribution in [1.82, 2.24) is 9.88 Å². The SMILES string of the molecule is CC(C)(C)OC(=O)Nc1oc2cc(CCN3CCC(F)C3)cnc2c1C(=O)O. The first-order valence-corrected chi connectivity index (χ1v) is 9.13. The number of furan rings is 1. The second-order valence-electron chi connectivity index (χ2n) is 7.87. The molecule has 0 aliphatic carbocycles. The van der Waals surface area contributed by atoms with Crippen LogP contribution in [-0.4, -0.2) is 58.5 Å². The maximum Gasteiger partial charge on any atom is 0.414 e. The number of nitrogens with zero attached hydrogens (tertiary/aromatic N) is 2. The van der Waals surface area contributed by atoms with Gasteiger partial charge in [0.2, 0.25) is 5.88 Å². The van der Waals surface area contributed by atoms with Gasteiger partial charge in [-0.3, -0.25) is 10.3 Å². The number of amides is 1. The minimum absolute atomic E-state index is 0.146. The van der Waals surface area contributed by atoms with Gasteiger partial charge < -0.3 is 19.2 Å². The molecule has 0 saturated carbocycles. The highest BCUT2D eigenvalue weighted by molar-refractivity contribution is 6.07. The fraction of sp³-hybridized carbons (Fsp3) is 0.526. The summed E-state index contributed by atoms with van der Waals surface area (Å²) in [6, 6.07) is 1.69. The van der Waals surface area contributed by atoms with E-state index >= 15 is 0 Å². The molecule has 2 aromatic heterocycles. The number of alkyl halides is 1. The standard InChI is InChI=1S/C19H24FN3O5/c1-19(2,3)28-18(26)22-16-14(17(24)25)15-13(27-16)8-11(9-21-15)4-6-23-7-5-12(20)10-23/h8-9,12H,4-7,10H2,1-3H3,(H,22,26)(H,24,25). The monoisotopic (exact) mass is 393 g/mol. The fourth-order valence-electron chi connectivity index (χ4n) is 3.11. The van der Waals surface area contributed by atoms with Crippen LogP contribution in [0.4, 0.5) is 15.1 Å². The van der Waals surface area contributed by atoms with Crippen molar-refractivity contribution in [1.29, 1.82) is 0 Å². The Hall–Kier alpha value is -2.68. The molecule has 0 bridgehead atoms. The van der Waals surface area contributed by atoms with Crippen LogP contribution in [0.2, 0.25) is 0 Å². The number of hydrogen-bond donors (Lipinski definition) is 2. The van der Waals surface area contributed by atoms with Gasteiger partial charge in [-0.25, -0.2) is 14.0 Å². The number of carbonyl (C=O) groups excluding carboxylic acids is 1. The van der Waals surface area contributed by atoms with Crippen molar-refractivity contribution in [3.63, 3.8) is 0 Å². The molecule has 0 radical (unpaired) electrons. The van der Waals surface area contributed by atoms with E-state index in [1.807, 2.05) is 4.90 Å². The topological polar surface area (TPSA) is 105 Å². The molecule has 1 fully saturated rings. The van der Waals surface area contributed by atoms with Crippen molar-refractivity contribution < 1.29 is 28.2 Å². The highest BCUT2D eigenvalue weighted by Gasteiger charge is 2.26. The molecule has 1 amide bonds. The van der Waals surface area contributed by atoms with Crippen molar-refractivity contribution in [2.45, 2.75) is 45.4 Å². The van der Waals surface area contributed by atoms with Crippen LogP contribution in [0.25, 0.3) is 11.1 Å². The normalized spacial score (nSPS) is 17.8. The summed E-state index contributed by atoms with van der Waals surface area (Å²) in [5, 5.41) is 11.8. The van der Waals surface area contributed by atoms with Crippen molar-refractivity contribution in [2.75, 3.05) is 25.0 Å². The summed E-state index contributed by atoms with van der Waals surface area (Å²) < 4.78 is 24.0. The molecular formula is C19H24FN3O5. The van der Waals surface area contributed by atoms with Gasteiger partial charge in [0, 0.05) is 25.8 Å². The van der Waals surface area contributed by atoms with Gasteiger partial charge >= 0.3 is 12.1 Å². The number of likely N-dealkylation sites (tertiary alicyclic amines) is 1. The molecule has 152 valence electrons. The largest absolute Gasteiger partial charge is 0.477 e. The van der Waals surface area contributed by atoms with Crippen molar-refractivity contribution >= 4 is 29.0 Å². The zero-order valence-electron chi connectivity index (χ0n) is 16.1. The second-order valence-corrected chi connectivity index (χ2v) is 7.87. The van der Waals surface area contributed by atoms with Gasteiger partial charge in [-0.05, 0) is 45.2 Å². The number of aromatic nitrogens is 1. The summed E-state index contributed by atoms with van der Waals surface area (Å²) in [5.74, 6) is -1.49. The highest BCUT2D eigenvalue weighted by atomic mass is 19.1. The van der Waals surface area contributed by atoms with Gasteiger partial charge in [0.05, 0.1) is 0 Å². The molecule has 2 aromatic rings. The molecule has 1 unspecified atom stereocenters. The van der Waals surface area contributed by atoms with E-state index in [2.05, 4.69) is 10.3 Å². The molecule has 8 nitrogen and oxygen atoms in total. The molecule has 1 aliphatic heterocycles. The molecule has 2 N–H and O–H groups in total. The van der Waals surface area contributed by atoms with E-state index in [0.29, 0.717) is 25.9 Å². The molecule has 28 heavy (non-hydrogen) atoms. The molecule has 9 heteroatoms. The number of hydrogen-bond acceptors (Lipinski definition) is 6. The molecule has 1 saturated heterocycles. The van der Waals surface area contributed by atoms with Crippen LogP contribution in [0.3, 0.4) is 0 Å². The minimum Gasteiger partial charge on any atom is -0.477 e. The van der Waals surface area contributed by atoms with Crippen LogP contribution < -0.4 is 5.32 Å². The van der Waals surface area contributed by atoms with Crippen molar-refractivity contribution in [3.05, 3.63) is 23.4 Å². The van der Waals surface area contributed by atoms with Crippen LogP contribution in [0.5, 0.6) is 0 Å². The zero-order chi connectivity index (χ0) is 20.5. The summed E-state index contributed by atoms with van der Waals surface area (Å²) in [6.07, 6.45) is 1.17. The van der Waals surface area contributed by atoms with Crippen LogP contribution in [-0.2, 0) is 11.2 Å². The lowest BCUT2D eigenvalue weighted by Gasteiger charge is -2.19. The Bertz CT molecular complexity index is 890. The quantitative estimate of drug-likeness (QED) is 0.801. The van der Waals surface area contributed by atoms with E-state index in [4.69, 9.17) is 9.15 Å². The number of nitrogens with one attached hydrogen (secondary N) is 1. The van der Waals surface area contributed by atoms with Crippen molar-refractivity contribution in [2.24, 2.45) is 0 Å². The van der Waals surface area contributed by atoms with E-state index in [0.717, 1.165) is 12.1 Å². The van der Waals surface area contributed by atoms with E-state index in [-0.39, 0.29) is 22.5 Å². The average Bonchev–Trinajstić information content (AvgIpc) is 3.13. The summed E-state index contributed by atoms with van der Waals surface area (Å²) in [5.41, 5.74) is 0.272. The average molecular weight is 393 g/mol. The molecule has 1 atom stereocenters. The maximum atomic E-state index is 13.3. The lowest BCUT2D eigenvalue weighted by molar-refractivity contribution is 0.0633. The minimum atomic E-state index is -1.27. The Morgan fingerprint density at radius 2 is 2.21 bits per heavy atom. The van der Waals surface area contributed by atoms with E-state index in [1.165, 1.54) is 0 Å². The maximum absolute atomic E-state index is 13.3. The molecule has 1 aliphatic rings. The van der Waals surface area contributed by atoms with Gasteiger partial charge in [-0.1, -0.05) is 0 Å². The Morgan fingerprint density at radius 1 is 1.46 bits per heavy atom. The third-order valence-corrected chi connectivity index (χ3v) is 4.35. The molecule has 3 heterocycles. The summed E-state index contributed by atoms with van der Waals surface area (Å²) >= 11 is 0. The number of carboxylic acid groups (broad SMARTS) is 1. The number of carboxylic acids is 1. The lowest BCUT2D eigenvalue weighted by Crippen LogP contribution is -2.27. The highest BCUT2D eigenvalue weighted by Crippen LogP contribution is 2.30. The number of fused-ring (bicyclic) bond motifs is 1. The van der Waals surface area contributed by atoms with Gasteiger partial charge in [-0.15, -0.1) is 0 Å². The van der Waals surface area contributed by atoms with Crippen LogP contribution in [0.1, 0.15) is 43.1 Å². The first kappa shape index (κ1) is 20.1. The van der Waals surface area contributed by atoms with Gasteiger partial charge in [0.1, 0.15) is 22.9 Å². The Labute approximate surface area is 161 Å². The first-order chi connectivity index (χ1) is 13.1. The summed E-state index contributed by atoms with van der Waals surface area (Å²) in [7, 11) is 0. The lowest BCUT2D eigenvalue weighted by atomic mass is 10.1. The number of carbonyl (C=O) groups is 2. The number of rotatable bonds is 5. The van der Waals surface area contributed by atoms with E-state index in [9.17, 15) is 19.1 Å². The van der Waals surface area contributed by atoms with Crippen LogP contribution >= 0.6 is 0 Å². The molecule has 0 spiro atoms. The number of anilines is 1. The van der Waals surface area contributed by atoms with Gasteiger partial charge in [0.25, 0.3) is 0 Å². The van der Waals surface area contributed by atoms with Gasteiger partial charge in [0.15, 0.2) is 5.58 Å². The zero-order valence-corrected chi connectivity index (χ0v) is 16.1. The Balaban J connectivity index is 1.79. The smallest absolute Gasteiger partial charge is 0.414 e. The Morgan fingerprint density at radius 3 is 2.82 bits per heavy atom. The van der Waals surface area contributed by atoms with E-state index in [1.54, 1.807) is 33.0 Å². The number of ether oxygens (including phenoxy) is 1. The molecule has 0 aromatic carbocycles.